The Morgan fingerprint density at radius 2 is 1.71 bits per heavy atom. The first kappa shape index (κ1) is 15.0. The van der Waals surface area contributed by atoms with Gasteiger partial charge in [-0.1, -0.05) is 12.1 Å². The van der Waals surface area contributed by atoms with E-state index in [0.717, 1.165) is 12.1 Å². The first-order valence-corrected chi connectivity index (χ1v) is 6.15. The average molecular weight is 297 g/mol. The summed E-state index contributed by atoms with van der Waals surface area (Å²) in [5.74, 6) is -2.95. The monoisotopic (exact) mass is 297 g/mol. The van der Waals surface area contributed by atoms with Gasteiger partial charge in [-0.15, -0.1) is 0 Å². The van der Waals surface area contributed by atoms with Crippen molar-refractivity contribution in [2.75, 3.05) is 19.5 Å². The lowest BCUT2D eigenvalue weighted by molar-refractivity contribution is 0.352. The summed E-state index contributed by atoms with van der Waals surface area (Å²) in [6.45, 7) is 0.169. The summed E-state index contributed by atoms with van der Waals surface area (Å²) >= 11 is 0. The molecule has 0 amide bonds. The Balaban J connectivity index is 2.23. The standard InChI is InChI=1S/C15H14F3NO2/c1-20-12-5-3-4-9(15(12)21-2)8-19-11-7-6-10(16)13(17)14(11)18/h3-7,19H,8H2,1-2H3. The predicted octanol–water partition coefficient (Wildman–Crippen LogP) is 3.73. The Bertz CT molecular complexity index is 647. The molecule has 0 saturated heterocycles. The van der Waals surface area contributed by atoms with E-state index in [1.54, 1.807) is 18.2 Å². The number of nitrogens with one attached hydrogen (secondary N) is 1. The largest absolute Gasteiger partial charge is 0.493 e. The normalized spacial score (nSPS) is 10.3. The number of ether oxygens (including phenoxy) is 2. The molecule has 0 saturated carbocycles. The second-order valence-electron chi connectivity index (χ2n) is 4.23. The van der Waals surface area contributed by atoms with Gasteiger partial charge in [0, 0.05) is 12.1 Å². The summed E-state index contributed by atoms with van der Waals surface area (Å²) in [7, 11) is 2.99. The molecule has 6 heteroatoms. The van der Waals surface area contributed by atoms with Crippen molar-refractivity contribution in [1.29, 1.82) is 0 Å². The van der Waals surface area contributed by atoms with E-state index in [1.165, 1.54) is 14.2 Å². The summed E-state index contributed by atoms with van der Waals surface area (Å²) in [6, 6.07) is 7.23. The smallest absolute Gasteiger partial charge is 0.196 e. The molecule has 0 bridgehead atoms. The van der Waals surface area contributed by atoms with Gasteiger partial charge >= 0.3 is 0 Å². The SMILES string of the molecule is COc1cccc(CNc2ccc(F)c(F)c2F)c1OC. The lowest BCUT2D eigenvalue weighted by atomic mass is 10.1. The van der Waals surface area contributed by atoms with E-state index in [0.29, 0.717) is 17.1 Å². The van der Waals surface area contributed by atoms with Crippen LogP contribution in [0.2, 0.25) is 0 Å². The Morgan fingerprint density at radius 3 is 2.38 bits per heavy atom. The fourth-order valence-electron chi connectivity index (χ4n) is 1.95. The van der Waals surface area contributed by atoms with Crippen LogP contribution in [0.25, 0.3) is 0 Å². The number of hydrogen-bond donors (Lipinski definition) is 1. The van der Waals surface area contributed by atoms with Crippen molar-refractivity contribution in [1.82, 2.24) is 0 Å². The molecule has 21 heavy (non-hydrogen) atoms. The van der Waals surface area contributed by atoms with E-state index < -0.39 is 17.5 Å². The average Bonchev–Trinajstić information content (AvgIpc) is 2.51. The molecule has 112 valence electrons. The Hall–Kier alpha value is -2.37. The first-order chi connectivity index (χ1) is 10.1. The second-order valence-corrected chi connectivity index (χ2v) is 4.23. The van der Waals surface area contributed by atoms with Crippen molar-refractivity contribution in [3.05, 3.63) is 53.3 Å². The van der Waals surface area contributed by atoms with E-state index >= 15 is 0 Å². The van der Waals surface area contributed by atoms with Gasteiger partial charge in [-0.05, 0) is 18.2 Å². The maximum atomic E-state index is 13.6. The molecule has 0 atom stereocenters. The molecule has 0 heterocycles. The third-order valence-electron chi connectivity index (χ3n) is 2.99. The number of methoxy groups -OCH3 is 2. The van der Waals surface area contributed by atoms with Crippen molar-refractivity contribution in [3.63, 3.8) is 0 Å². The first-order valence-electron chi connectivity index (χ1n) is 6.15. The summed E-state index contributed by atoms with van der Waals surface area (Å²) in [5.41, 5.74) is 0.569. The lowest BCUT2D eigenvalue weighted by Crippen LogP contribution is -2.06. The van der Waals surface area contributed by atoms with Gasteiger partial charge in [0.05, 0.1) is 19.9 Å². The minimum Gasteiger partial charge on any atom is -0.493 e. The van der Waals surface area contributed by atoms with Crippen LogP contribution in [0.1, 0.15) is 5.56 Å². The van der Waals surface area contributed by atoms with Gasteiger partial charge in [-0.2, -0.15) is 0 Å². The molecular formula is C15H14F3NO2. The molecule has 1 N–H and O–H groups in total. The van der Waals surface area contributed by atoms with Crippen molar-refractivity contribution in [3.8, 4) is 11.5 Å². The van der Waals surface area contributed by atoms with E-state index in [2.05, 4.69) is 5.32 Å². The fourth-order valence-corrected chi connectivity index (χ4v) is 1.95. The molecule has 2 aromatic carbocycles. The minimum absolute atomic E-state index is 0.126. The van der Waals surface area contributed by atoms with E-state index in [9.17, 15) is 13.2 Å². The molecule has 0 fully saturated rings. The lowest BCUT2D eigenvalue weighted by Gasteiger charge is -2.14. The van der Waals surface area contributed by atoms with Crippen LogP contribution in [0.3, 0.4) is 0 Å². The van der Waals surface area contributed by atoms with Gasteiger partial charge < -0.3 is 14.8 Å². The third-order valence-corrected chi connectivity index (χ3v) is 2.99. The number of halogens is 3. The molecule has 2 rings (SSSR count). The van der Waals surface area contributed by atoms with Crippen molar-refractivity contribution in [2.45, 2.75) is 6.54 Å². The van der Waals surface area contributed by atoms with Crippen LogP contribution in [0, 0.1) is 17.5 Å². The van der Waals surface area contributed by atoms with Crippen LogP contribution >= 0.6 is 0 Å². The summed E-state index contributed by atoms with van der Waals surface area (Å²) in [5, 5.41) is 2.71. The molecule has 0 aliphatic carbocycles. The van der Waals surface area contributed by atoms with Gasteiger partial charge in [0.2, 0.25) is 0 Å². The van der Waals surface area contributed by atoms with Gasteiger partial charge in [0.15, 0.2) is 29.0 Å². The van der Waals surface area contributed by atoms with Crippen LogP contribution in [-0.4, -0.2) is 14.2 Å². The van der Waals surface area contributed by atoms with Gasteiger partial charge in [-0.25, -0.2) is 13.2 Å². The zero-order chi connectivity index (χ0) is 15.4. The molecule has 3 nitrogen and oxygen atoms in total. The number of rotatable bonds is 5. The zero-order valence-corrected chi connectivity index (χ0v) is 11.5. The third kappa shape index (κ3) is 3.04. The number of hydrogen-bond acceptors (Lipinski definition) is 3. The van der Waals surface area contributed by atoms with Crippen molar-refractivity contribution < 1.29 is 22.6 Å². The number of benzene rings is 2. The molecule has 0 radical (unpaired) electrons. The quantitative estimate of drug-likeness (QED) is 0.853. The molecular weight excluding hydrogens is 283 g/mol. The number of para-hydroxylation sites is 1. The van der Waals surface area contributed by atoms with E-state index in [-0.39, 0.29) is 12.2 Å². The van der Waals surface area contributed by atoms with Crippen LogP contribution < -0.4 is 14.8 Å². The maximum absolute atomic E-state index is 13.6. The van der Waals surface area contributed by atoms with Gasteiger partial charge in [0.25, 0.3) is 0 Å². The van der Waals surface area contributed by atoms with Crippen molar-refractivity contribution >= 4 is 5.69 Å². The Kier molecular flexibility index (Phi) is 4.57. The highest BCUT2D eigenvalue weighted by Crippen LogP contribution is 2.31. The molecule has 0 aliphatic rings. The molecule has 0 aromatic heterocycles. The summed E-state index contributed by atoms with van der Waals surface area (Å²) < 4.78 is 50.0. The topological polar surface area (TPSA) is 30.5 Å². The van der Waals surface area contributed by atoms with Crippen LogP contribution in [0.15, 0.2) is 30.3 Å². The van der Waals surface area contributed by atoms with Crippen LogP contribution in [0.5, 0.6) is 11.5 Å². The highest BCUT2D eigenvalue weighted by atomic mass is 19.2. The zero-order valence-electron chi connectivity index (χ0n) is 11.5. The summed E-state index contributed by atoms with van der Waals surface area (Å²) in [6.07, 6.45) is 0. The molecule has 2 aromatic rings. The fraction of sp³-hybridized carbons (Fsp3) is 0.200. The molecule has 0 aliphatic heterocycles. The highest BCUT2D eigenvalue weighted by Gasteiger charge is 2.14. The maximum Gasteiger partial charge on any atom is 0.196 e. The minimum atomic E-state index is -1.50. The summed E-state index contributed by atoms with van der Waals surface area (Å²) in [4.78, 5) is 0. The van der Waals surface area contributed by atoms with Crippen LogP contribution in [0.4, 0.5) is 18.9 Å². The van der Waals surface area contributed by atoms with Crippen molar-refractivity contribution in [2.24, 2.45) is 0 Å². The number of anilines is 1. The van der Waals surface area contributed by atoms with E-state index in [4.69, 9.17) is 9.47 Å². The van der Waals surface area contributed by atoms with Gasteiger partial charge in [-0.3, -0.25) is 0 Å². The van der Waals surface area contributed by atoms with Crippen LogP contribution in [-0.2, 0) is 6.54 Å². The predicted molar refractivity (Wildman–Crippen MR) is 73.2 cm³/mol. The van der Waals surface area contributed by atoms with Gasteiger partial charge in [0.1, 0.15) is 0 Å². The van der Waals surface area contributed by atoms with E-state index in [1.807, 2.05) is 0 Å². The Morgan fingerprint density at radius 1 is 0.952 bits per heavy atom. The highest BCUT2D eigenvalue weighted by molar-refractivity contribution is 5.50. The molecule has 0 unspecified atom stereocenters. The Labute approximate surface area is 120 Å². The second kappa shape index (κ2) is 6.39. The molecule has 0 spiro atoms.